The van der Waals surface area contributed by atoms with E-state index in [4.69, 9.17) is 0 Å². The third-order valence-corrected chi connectivity index (χ3v) is 5.21. The maximum atomic E-state index is 12.6. The monoisotopic (exact) mass is 339 g/mol. The van der Waals surface area contributed by atoms with E-state index in [1.807, 2.05) is 43.8 Å². The highest BCUT2D eigenvalue weighted by Gasteiger charge is 2.24. The number of hydrogen-bond acceptors (Lipinski definition) is 5. The number of benzene rings is 1. The first-order valence-electron chi connectivity index (χ1n) is 7.85. The number of nitrogens with zero attached hydrogens (tertiary/aromatic N) is 4. The average molecular weight is 339 g/mol. The summed E-state index contributed by atoms with van der Waals surface area (Å²) in [7, 11) is 0. The third kappa shape index (κ3) is 2.65. The normalized spacial score (nSPS) is 16.8. The van der Waals surface area contributed by atoms with Gasteiger partial charge in [-0.1, -0.05) is 18.2 Å². The Morgan fingerprint density at radius 2 is 2.12 bits per heavy atom. The van der Waals surface area contributed by atoms with Gasteiger partial charge in [0.15, 0.2) is 0 Å². The van der Waals surface area contributed by atoms with Crippen LogP contribution < -0.4 is 5.32 Å². The van der Waals surface area contributed by atoms with Crippen LogP contribution in [0.2, 0.25) is 0 Å². The van der Waals surface area contributed by atoms with Crippen molar-refractivity contribution in [1.82, 2.24) is 24.9 Å². The van der Waals surface area contributed by atoms with E-state index in [-0.39, 0.29) is 17.8 Å². The minimum atomic E-state index is -0.260. The van der Waals surface area contributed by atoms with E-state index in [9.17, 15) is 4.79 Å². The van der Waals surface area contributed by atoms with Crippen molar-refractivity contribution in [1.29, 1.82) is 0 Å². The van der Waals surface area contributed by atoms with Gasteiger partial charge in [-0.05, 0) is 38.0 Å². The van der Waals surface area contributed by atoms with Crippen molar-refractivity contribution in [2.75, 3.05) is 5.75 Å². The number of aryl methyl sites for hydroxylation is 2. The van der Waals surface area contributed by atoms with Crippen LogP contribution in [0.25, 0.3) is 5.78 Å². The predicted octanol–water partition coefficient (Wildman–Crippen LogP) is 2.71. The smallest absolute Gasteiger partial charge is 0.291 e. The van der Waals surface area contributed by atoms with E-state index in [2.05, 4.69) is 32.5 Å². The molecule has 1 amide bonds. The van der Waals surface area contributed by atoms with Crippen LogP contribution >= 0.6 is 11.8 Å². The van der Waals surface area contributed by atoms with Crippen molar-refractivity contribution in [3.8, 4) is 0 Å². The van der Waals surface area contributed by atoms with E-state index < -0.39 is 0 Å². The third-order valence-electron chi connectivity index (χ3n) is 4.09. The summed E-state index contributed by atoms with van der Waals surface area (Å²) in [5, 5.41) is 7.37. The van der Waals surface area contributed by atoms with Gasteiger partial charge in [0, 0.05) is 22.0 Å². The highest BCUT2D eigenvalue weighted by atomic mass is 32.2. The maximum absolute atomic E-state index is 12.6. The van der Waals surface area contributed by atoms with Gasteiger partial charge in [-0.25, -0.2) is 9.50 Å². The topological polar surface area (TPSA) is 72.2 Å². The summed E-state index contributed by atoms with van der Waals surface area (Å²) in [4.78, 5) is 22.4. The SMILES string of the molecule is Cc1cc(C)n2nc(C(=O)NC3CCSc4ccccc43)nc2n1. The van der Waals surface area contributed by atoms with E-state index >= 15 is 0 Å². The van der Waals surface area contributed by atoms with Gasteiger partial charge in [-0.3, -0.25) is 4.79 Å². The zero-order valence-corrected chi connectivity index (χ0v) is 14.3. The molecule has 2 aromatic heterocycles. The van der Waals surface area contributed by atoms with Crippen LogP contribution in [-0.4, -0.2) is 31.2 Å². The fraction of sp³-hybridized carbons (Fsp3) is 0.294. The summed E-state index contributed by atoms with van der Waals surface area (Å²) in [6.07, 6.45) is 0.900. The lowest BCUT2D eigenvalue weighted by molar-refractivity contribution is 0.0924. The quantitative estimate of drug-likeness (QED) is 0.777. The largest absolute Gasteiger partial charge is 0.342 e. The number of hydrogen-bond donors (Lipinski definition) is 1. The number of carbonyl (C=O) groups excluding carboxylic acids is 1. The van der Waals surface area contributed by atoms with Crippen LogP contribution in [0.15, 0.2) is 35.2 Å². The van der Waals surface area contributed by atoms with Crippen molar-refractivity contribution < 1.29 is 4.79 Å². The number of nitrogens with one attached hydrogen (secondary N) is 1. The van der Waals surface area contributed by atoms with Gasteiger partial charge in [-0.15, -0.1) is 16.9 Å². The minimum absolute atomic E-state index is 0.00245. The molecule has 24 heavy (non-hydrogen) atoms. The van der Waals surface area contributed by atoms with Crippen LogP contribution in [0, 0.1) is 13.8 Å². The Balaban J connectivity index is 1.62. The number of fused-ring (bicyclic) bond motifs is 2. The Kier molecular flexibility index (Phi) is 3.72. The van der Waals surface area contributed by atoms with Gasteiger partial charge < -0.3 is 5.32 Å². The molecule has 0 fully saturated rings. The molecular weight excluding hydrogens is 322 g/mol. The molecule has 1 aliphatic heterocycles. The minimum Gasteiger partial charge on any atom is -0.342 e. The van der Waals surface area contributed by atoms with Crippen molar-refractivity contribution in [3.05, 3.63) is 53.1 Å². The van der Waals surface area contributed by atoms with Crippen LogP contribution in [0.1, 0.15) is 40.0 Å². The molecule has 0 saturated heterocycles. The first-order valence-corrected chi connectivity index (χ1v) is 8.84. The molecule has 3 aromatic rings. The highest BCUT2D eigenvalue weighted by Crippen LogP contribution is 2.35. The Hall–Kier alpha value is -2.41. The summed E-state index contributed by atoms with van der Waals surface area (Å²) in [5.74, 6) is 1.34. The van der Waals surface area contributed by atoms with E-state index in [0.717, 1.165) is 29.1 Å². The molecule has 1 atom stereocenters. The van der Waals surface area contributed by atoms with Crippen LogP contribution in [0.5, 0.6) is 0 Å². The summed E-state index contributed by atoms with van der Waals surface area (Å²) < 4.78 is 1.60. The highest BCUT2D eigenvalue weighted by molar-refractivity contribution is 7.99. The summed E-state index contributed by atoms with van der Waals surface area (Å²) >= 11 is 1.83. The Morgan fingerprint density at radius 1 is 1.29 bits per heavy atom. The van der Waals surface area contributed by atoms with Crippen molar-refractivity contribution in [2.45, 2.75) is 31.2 Å². The molecule has 0 spiro atoms. The van der Waals surface area contributed by atoms with Crippen LogP contribution in [-0.2, 0) is 0 Å². The molecular formula is C17H17N5OS. The molecule has 0 radical (unpaired) electrons. The molecule has 7 heteroatoms. The van der Waals surface area contributed by atoms with Gasteiger partial charge in [0.2, 0.25) is 5.82 Å². The van der Waals surface area contributed by atoms with E-state index in [0.29, 0.717) is 5.78 Å². The second kappa shape index (κ2) is 5.90. The predicted molar refractivity (Wildman–Crippen MR) is 92.2 cm³/mol. The summed E-state index contributed by atoms with van der Waals surface area (Å²) in [6.45, 7) is 3.82. The van der Waals surface area contributed by atoms with Crippen molar-refractivity contribution in [2.24, 2.45) is 0 Å². The van der Waals surface area contributed by atoms with Gasteiger partial charge in [0.1, 0.15) is 0 Å². The molecule has 3 heterocycles. The first-order chi connectivity index (χ1) is 11.6. The summed E-state index contributed by atoms with van der Waals surface area (Å²) in [6, 6.07) is 10.1. The molecule has 0 aliphatic carbocycles. The second-order valence-corrected chi connectivity index (χ2v) is 7.02. The number of aromatic nitrogens is 4. The van der Waals surface area contributed by atoms with Gasteiger partial charge in [0.05, 0.1) is 6.04 Å². The van der Waals surface area contributed by atoms with Gasteiger partial charge in [-0.2, -0.15) is 4.98 Å². The second-order valence-electron chi connectivity index (χ2n) is 5.89. The Labute approximate surface area is 143 Å². The van der Waals surface area contributed by atoms with Crippen molar-refractivity contribution in [3.63, 3.8) is 0 Å². The van der Waals surface area contributed by atoms with Gasteiger partial charge >= 0.3 is 0 Å². The van der Waals surface area contributed by atoms with Gasteiger partial charge in [0.25, 0.3) is 11.7 Å². The average Bonchev–Trinajstić information content (AvgIpc) is 3.00. The molecule has 1 unspecified atom stereocenters. The standard InChI is InChI=1S/C17H17N5OS/c1-10-9-11(2)22-17(18-10)20-15(21-22)16(23)19-13-7-8-24-14-6-4-3-5-12(13)14/h3-6,9,13H,7-8H2,1-2H3,(H,19,23). The zero-order valence-electron chi connectivity index (χ0n) is 13.5. The van der Waals surface area contributed by atoms with E-state index in [1.54, 1.807) is 4.52 Å². The summed E-state index contributed by atoms with van der Waals surface area (Å²) in [5.41, 5.74) is 2.93. The molecule has 0 saturated carbocycles. The fourth-order valence-corrected chi connectivity index (χ4v) is 4.10. The number of thioether (sulfide) groups is 1. The van der Waals surface area contributed by atoms with Crippen LogP contribution in [0.4, 0.5) is 0 Å². The van der Waals surface area contributed by atoms with Crippen molar-refractivity contribution >= 4 is 23.4 Å². The lowest BCUT2D eigenvalue weighted by atomic mass is 10.0. The fourth-order valence-electron chi connectivity index (χ4n) is 2.98. The Bertz CT molecular complexity index is 936. The molecule has 4 rings (SSSR count). The molecule has 0 bridgehead atoms. The Morgan fingerprint density at radius 3 is 3.00 bits per heavy atom. The molecule has 122 valence electrons. The maximum Gasteiger partial charge on any atom is 0.291 e. The van der Waals surface area contributed by atoms with Crippen LogP contribution in [0.3, 0.4) is 0 Å². The zero-order chi connectivity index (χ0) is 16.7. The lowest BCUT2D eigenvalue weighted by Gasteiger charge is -2.25. The number of rotatable bonds is 2. The molecule has 1 aliphatic rings. The molecule has 1 aromatic carbocycles. The molecule has 6 nitrogen and oxygen atoms in total. The first kappa shape index (κ1) is 15.1. The van der Waals surface area contributed by atoms with E-state index in [1.165, 1.54) is 4.90 Å². The number of amides is 1. The molecule has 1 N–H and O–H groups in total. The lowest BCUT2D eigenvalue weighted by Crippen LogP contribution is -2.31. The number of carbonyl (C=O) groups is 1.